The molecule has 1 aliphatic heterocycles. The van der Waals surface area contributed by atoms with Gasteiger partial charge in [-0.3, -0.25) is 4.90 Å². The first-order valence-electron chi connectivity index (χ1n) is 7.61. The van der Waals surface area contributed by atoms with Crippen LogP contribution in [-0.4, -0.2) is 29.2 Å². The van der Waals surface area contributed by atoms with E-state index in [-0.39, 0.29) is 11.5 Å². The maximum atomic E-state index is 10.3. The van der Waals surface area contributed by atoms with Crippen LogP contribution in [0.1, 0.15) is 43.2 Å². The summed E-state index contributed by atoms with van der Waals surface area (Å²) in [5.74, 6) is 0. The molecular formula is C17H22N2O. The SMILES string of the molecule is N#Cc1ccc(CN2CCC[C@@]3(CCC[C@H]3O)C2)cc1. The van der Waals surface area contributed by atoms with E-state index in [9.17, 15) is 5.11 Å². The summed E-state index contributed by atoms with van der Waals surface area (Å²) >= 11 is 0. The Morgan fingerprint density at radius 3 is 2.65 bits per heavy atom. The summed E-state index contributed by atoms with van der Waals surface area (Å²) in [6.07, 6.45) is 5.59. The van der Waals surface area contributed by atoms with E-state index >= 15 is 0 Å². The van der Waals surface area contributed by atoms with Gasteiger partial charge in [0.1, 0.15) is 0 Å². The number of aliphatic hydroxyl groups excluding tert-OH is 1. The zero-order chi connectivity index (χ0) is 14.0. The van der Waals surface area contributed by atoms with Gasteiger partial charge in [0, 0.05) is 18.5 Å². The van der Waals surface area contributed by atoms with Crippen LogP contribution in [0, 0.1) is 16.7 Å². The molecule has 0 aromatic heterocycles. The van der Waals surface area contributed by atoms with Crippen LogP contribution < -0.4 is 0 Å². The number of hydrogen-bond donors (Lipinski definition) is 1. The zero-order valence-corrected chi connectivity index (χ0v) is 11.9. The molecule has 3 nitrogen and oxygen atoms in total. The van der Waals surface area contributed by atoms with Gasteiger partial charge in [-0.05, 0) is 49.9 Å². The highest BCUT2D eigenvalue weighted by Crippen LogP contribution is 2.45. The van der Waals surface area contributed by atoms with Crippen LogP contribution in [0.3, 0.4) is 0 Å². The molecule has 1 aromatic rings. The Balaban J connectivity index is 1.66. The van der Waals surface area contributed by atoms with Crippen LogP contribution in [0.5, 0.6) is 0 Å². The number of hydrogen-bond acceptors (Lipinski definition) is 3. The molecule has 0 bridgehead atoms. The molecule has 2 aliphatic rings. The van der Waals surface area contributed by atoms with E-state index in [4.69, 9.17) is 5.26 Å². The number of piperidine rings is 1. The molecule has 0 unspecified atom stereocenters. The highest BCUT2D eigenvalue weighted by atomic mass is 16.3. The van der Waals surface area contributed by atoms with Crippen molar-refractivity contribution in [3.63, 3.8) is 0 Å². The van der Waals surface area contributed by atoms with Crippen LogP contribution in [0.4, 0.5) is 0 Å². The minimum Gasteiger partial charge on any atom is -0.393 e. The van der Waals surface area contributed by atoms with Crippen LogP contribution in [0.25, 0.3) is 0 Å². The van der Waals surface area contributed by atoms with Gasteiger partial charge in [0.25, 0.3) is 0 Å². The van der Waals surface area contributed by atoms with Crippen molar-refractivity contribution in [1.29, 1.82) is 5.26 Å². The summed E-state index contributed by atoms with van der Waals surface area (Å²) in [7, 11) is 0. The summed E-state index contributed by atoms with van der Waals surface area (Å²) in [5.41, 5.74) is 2.13. The molecule has 3 heteroatoms. The molecule has 3 rings (SSSR count). The van der Waals surface area contributed by atoms with Gasteiger partial charge >= 0.3 is 0 Å². The third-order valence-electron chi connectivity index (χ3n) is 5.04. The molecule has 2 atom stereocenters. The fourth-order valence-electron chi connectivity index (χ4n) is 3.93. The smallest absolute Gasteiger partial charge is 0.0991 e. The molecule has 106 valence electrons. The van der Waals surface area contributed by atoms with Gasteiger partial charge in [-0.25, -0.2) is 0 Å². The average Bonchev–Trinajstić information content (AvgIpc) is 2.81. The minimum atomic E-state index is -0.105. The topological polar surface area (TPSA) is 47.3 Å². The lowest BCUT2D eigenvalue weighted by Crippen LogP contribution is -2.46. The number of benzene rings is 1. The molecule has 0 amide bonds. The van der Waals surface area contributed by atoms with Crippen LogP contribution >= 0.6 is 0 Å². The lowest BCUT2D eigenvalue weighted by molar-refractivity contribution is -0.0120. The molecule has 1 aliphatic carbocycles. The number of rotatable bonds is 2. The lowest BCUT2D eigenvalue weighted by atomic mass is 9.76. The summed E-state index contributed by atoms with van der Waals surface area (Å²) in [5, 5.41) is 19.1. The van der Waals surface area contributed by atoms with E-state index in [1.165, 1.54) is 31.2 Å². The molecule has 0 radical (unpaired) electrons. The average molecular weight is 270 g/mol. The Hall–Kier alpha value is -1.37. The molecule has 1 spiro atoms. The maximum Gasteiger partial charge on any atom is 0.0991 e. The molecule has 1 aromatic carbocycles. The number of aliphatic hydroxyl groups is 1. The summed E-state index contributed by atoms with van der Waals surface area (Å²) in [6.45, 7) is 3.07. The summed E-state index contributed by atoms with van der Waals surface area (Å²) < 4.78 is 0. The highest BCUT2D eigenvalue weighted by Gasteiger charge is 2.44. The van der Waals surface area contributed by atoms with Crippen molar-refractivity contribution in [3.8, 4) is 6.07 Å². The van der Waals surface area contributed by atoms with Crippen LogP contribution in [-0.2, 0) is 6.54 Å². The second-order valence-electron chi connectivity index (χ2n) is 6.39. The van der Waals surface area contributed by atoms with Gasteiger partial charge < -0.3 is 5.11 Å². The number of likely N-dealkylation sites (tertiary alicyclic amines) is 1. The van der Waals surface area contributed by atoms with Crippen LogP contribution in [0.2, 0.25) is 0 Å². The van der Waals surface area contributed by atoms with Crippen molar-refractivity contribution in [1.82, 2.24) is 4.90 Å². The first-order chi connectivity index (χ1) is 9.72. The summed E-state index contributed by atoms with van der Waals surface area (Å²) in [6, 6.07) is 10.0. The van der Waals surface area contributed by atoms with E-state index in [0.29, 0.717) is 0 Å². The van der Waals surface area contributed by atoms with Crippen molar-refractivity contribution < 1.29 is 5.11 Å². The van der Waals surface area contributed by atoms with Crippen molar-refractivity contribution in [3.05, 3.63) is 35.4 Å². The number of nitrogens with zero attached hydrogens (tertiary/aromatic N) is 2. The second-order valence-corrected chi connectivity index (χ2v) is 6.39. The molecular weight excluding hydrogens is 248 g/mol. The molecule has 1 N–H and O–H groups in total. The van der Waals surface area contributed by atoms with Gasteiger partial charge in [0.2, 0.25) is 0 Å². The highest BCUT2D eigenvalue weighted by molar-refractivity contribution is 5.31. The number of nitriles is 1. The monoisotopic (exact) mass is 270 g/mol. The molecule has 1 saturated heterocycles. The second kappa shape index (κ2) is 5.55. The zero-order valence-electron chi connectivity index (χ0n) is 11.9. The Morgan fingerprint density at radius 2 is 2.00 bits per heavy atom. The van der Waals surface area contributed by atoms with Gasteiger partial charge in [-0.15, -0.1) is 0 Å². The van der Waals surface area contributed by atoms with Crippen molar-refractivity contribution in [2.75, 3.05) is 13.1 Å². The Labute approximate surface area is 120 Å². The standard InChI is InChI=1S/C17H22N2O/c18-11-14-4-6-15(7-5-14)12-19-10-2-9-17(13-19)8-1-3-16(17)20/h4-7,16,20H,1-3,8-10,12-13H2/t16-,17+/m1/s1. The van der Waals surface area contributed by atoms with E-state index in [0.717, 1.165) is 31.6 Å². The van der Waals surface area contributed by atoms with Crippen molar-refractivity contribution in [2.45, 2.75) is 44.8 Å². The maximum absolute atomic E-state index is 10.3. The largest absolute Gasteiger partial charge is 0.393 e. The van der Waals surface area contributed by atoms with Crippen molar-refractivity contribution >= 4 is 0 Å². The van der Waals surface area contributed by atoms with Crippen molar-refractivity contribution in [2.24, 2.45) is 5.41 Å². The molecule has 1 heterocycles. The van der Waals surface area contributed by atoms with E-state index in [1.54, 1.807) is 0 Å². The predicted molar refractivity (Wildman–Crippen MR) is 78.0 cm³/mol. The van der Waals surface area contributed by atoms with Gasteiger partial charge in [0.15, 0.2) is 0 Å². The Morgan fingerprint density at radius 1 is 1.25 bits per heavy atom. The van der Waals surface area contributed by atoms with Gasteiger partial charge in [0.05, 0.1) is 17.7 Å². The predicted octanol–water partition coefficient (Wildman–Crippen LogP) is 2.69. The molecule has 20 heavy (non-hydrogen) atoms. The Bertz CT molecular complexity index is 505. The quantitative estimate of drug-likeness (QED) is 0.898. The fourth-order valence-corrected chi connectivity index (χ4v) is 3.93. The van der Waals surface area contributed by atoms with E-state index in [1.807, 2.05) is 24.3 Å². The fraction of sp³-hybridized carbons (Fsp3) is 0.588. The third-order valence-corrected chi connectivity index (χ3v) is 5.04. The third kappa shape index (κ3) is 2.59. The van der Waals surface area contributed by atoms with Gasteiger partial charge in [-0.1, -0.05) is 18.6 Å². The van der Waals surface area contributed by atoms with E-state index < -0.39 is 0 Å². The lowest BCUT2D eigenvalue weighted by Gasteiger charge is -2.42. The molecule has 2 fully saturated rings. The normalized spacial score (nSPS) is 30.5. The minimum absolute atomic E-state index is 0.105. The van der Waals surface area contributed by atoms with Gasteiger partial charge in [-0.2, -0.15) is 5.26 Å². The van der Waals surface area contributed by atoms with Crippen LogP contribution in [0.15, 0.2) is 24.3 Å². The Kier molecular flexibility index (Phi) is 3.78. The molecule has 1 saturated carbocycles. The van der Waals surface area contributed by atoms with E-state index in [2.05, 4.69) is 11.0 Å². The first kappa shape index (κ1) is 13.6. The summed E-state index contributed by atoms with van der Waals surface area (Å²) in [4.78, 5) is 2.47. The first-order valence-corrected chi connectivity index (χ1v) is 7.61.